The van der Waals surface area contributed by atoms with Crippen LogP contribution in [0.2, 0.25) is 0 Å². The first-order valence-corrected chi connectivity index (χ1v) is 7.80. The molecule has 18 heavy (non-hydrogen) atoms. The molecule has 1 aliphatic carbocycles. The van der Waals surface area contributed by atoms with Gasteiger partial charge in [0.05, 0.1) is 10.7 Å². The zero-order valence-corrected chi connectivity index (χ0v) is 12.5. The number of nitrogens with one attached hydrogen (secondary N) is 1. The second-order valence-electron chi connectivity index (χ2n) is 5.61. The van der Waals surface area contributed by atoms with Crippen molar-refractivity contribution in [2.45, 2.75) is 40.0 Å². The van der Waals surface area contributed by atoms with Crippen molar-refractivity contribution >= 4 is 11.3 Å². The molecule has 0 saturated carbocycles. The van der Waals surface area contributed by atoms with E-state index in [4.69, 9.17) is 0 Å². The fraction of sp³-hybridized carbons (Fsp3) is 0.667. The van der Waals surface area contributed by atoms with Gasteiger partial charge in [-0.2, -0.15) is 0 Å². The minimum atomic E-state index is 0.756. The van der Waals surface area contributed by atoms with Crippen molar-refractivity contribution in [2.24, 2.45) is 11.8 Å². The van der Waals surface area contributed by atoms with Gasteiger partial charge in [-0.1, -0.05) is 18.6 Å². The van der Waals surface area contributed by atoms with Gasteiger partial charge >= 0.3 is 0 Å². The number of aromatic nitrogens is 1. The summed E-state index contributed by atoms with van der Waals surface area (Å²) in [5.74, 6) is 1.58. The Labute approximate surface area is 115 Å². The van der Waals surface area contributed by atoms with Crippen LogP contribution < -0.4 is 5.32 Å². The molecule has 2 nitrogen and oxygen atoms in total. The number of hydrogen-bond donors (Lipinski definition) is 1. The highest BCUT2D eigenvalue weighted by atomic mass is 32.1. The third-order valence-corrected chi connectivity index (χ3v) is 4.36. The molecule has 0 spiro atoms. The number of nitrogens with zero attached hydrogens (tertiary/aromatic N) is 1. The largest absolute Gasteiger partial charge is 0.316 e. The minimum absolute atomic E-state index is 0.756. The first-order chi connectivity index (χ1) is 8.63. The number of rotatable bonds is 5. The maximum absolute atomic E-state index is 4.49. The Hall–Kier alpha value is -0.670. The van der Waals surface area contributed by atoms with Crippen LogP contribution in [0.4, 0.5) is 0 Å². The van der Waals surface area contributed by atoms with Crippen LogP contribution in [0.5, 0.6) is 0 Å². The van der Waals surface area contributed by atoms with E-state index in [1.54, 1.807) is 16.9 Å². The minimum Gasteiger partial charge on any atom is -0.316 e. The summed E-state index contributed by atoms with van der Waals surface area (Å²) in [7, 11) is 0. The highest BCUT2D eigenvalue weighted by Gasteiger charge is 2.17. The lowest BCUT2D eigenvalue weighted by atomic mass is 9.84. The van der Waals surface area contributed by atoms with Crippen LogP contribution in [0.3, 0.4) is 0 Å². The van der Waals surface area contributed by atoms with Gasteiger partial charge in [-0.3, -0.25) is 0 Å². The van der Waals surface area contributed by atoms with Gasteiger partial charge in [-0.15, -0.1) is 11.3 Å². The fourth-order valence-electron chi connectivity index (χ4n) is 2.89. The van der Waals surface area contributed by atoms with Gasteiger partial charge < -0.3 is 5.32 Å². The molecule has 0 saturated heterocycles. The van der Waals surface area contributed by atoms with Crippen LogP contribution >= 0.6 is 11.3 Å². The van der Waals surface area contributed by atoms with Crippen molar-refractivity contribution in [1.29, 1.82) is 0 Å². The Morgan fingerprint density at radius 1 is 1.44 bits per heavy atom. The first kappa shape index (κ1) is 13.8. The van der Waals surface area contributed by atoms with E-state index in [2.05, 4.69) is 42.5 Å². The standard InChI is InChI=1S/C15H24N2S/c1-11-6-12(2)8-14(7-11)9-16-5-4-15-10-18-13(3)17-15/h6,10-11,14,16H,4-5,7-9H2,1-3H3. The topological polar surface area (TPSA) is 24.9 Å². The molecule has 0 fully saturated rings. The third-order valence-electron chi connectivity index (χ3n) is 3.54. The molecule has 2 atom stereocenters. The highest BCUT2D eigenvalue weighted by Crippen LogP contribution is 2.27. The smallest absolute Gasteiger partial charge is 0.0897 e. The molecule has 0 radical (unpaired) electrons. The van der Waals surface area contributed by atoms with Gasteiger partial charge in [-0.05, 0) is 45.1 Å². The predicted octanol–water partition coefficient (Wildman–Crippen LogP) is 3.58. The van der Waals surface area contributed by atoms with E-state index >= 15 is 0 Å². The molecule has 2 unspecified atom stereocenters. The molecule has 1 heterocycles. The van der Waals surface area contributed by atoms with Gasteiger partial charge in [0.15, 0.2) is 0 Å². The second kappa shape index (κ2) is 6.48. The molecular formula is C15H24N2S. The van der Waals surface area contributed by atoms with Crippen molar-refractivity contribution in [1.82, 2.24) is 10.3 Å². The van der Waals surface area contributed by atoms with E-state index < -0.39 is 0 Å². The third kappa shape index (κ3) is 4.21. The van der Waals surface area contributed by atoms with Crippen molar-refractivity contribution in [2.75, 3.05) is 13.1 Å². The van der Waals surface area contributed by atoms with Gasteiger partial charge in [0, 0.05) is 18.3 Å². The molecule has 1 aliphatic rings. The Kier molecular flexibility index (Phi) is 4.95. The molecular weight excluding hydrogens is 240 g/mol. The SMILES string of the molecule is CC1=CC(C)CC(CNCCc2csc(C)n2)C1. The molecule has 0 bridgehead atoms. The Morgan fingerprint density at radius 2 is 2.28 bits per heavy atom. The number of aryl methyl sites for hydroxylation is 1. The zero-order valence-electron chi connectivity index (χ0n) is 11.7. The number of hydrogen-bond acceptors (Lipinski definition) is 3. The van der Waals surface area contributed by atoms with E-state index in [0.717, 1.165) is 31.3 Å². The van der Waals surface area contributed by atoms with Crippen LogP contribution in [0.1, 0.15) is 37.4 Å². The van der Waals surface area contributed by atoms with Crippen LogP contribution in [-0.2, 0) is 6.42 Å². The number of thiazole rings is 1. The summed E-state index contributed by atoms with van der Waals surface area (Å²) in [6.45, 7) is 8.87. The Balaban J connectivity index is 1.65. The zero-order chi connectivity index (χ0) is 13.0. The normalized spacial score (nSPS) is 24.1. The average molecular weight is 264 g/mol. The van der Waals surface area contributed by atoms with Crippen LogP contribution in [0.25, 0.3) is 0 Å². The summed E-state index contributed by atoms with van der Waals surface area (Å²) in [6.07, 6.45) is 6.09. The van der Waals surface area contributed by atoms with Crippen LogP contribution in [0.15, 0.2) is 17.0 Å². The molecule has 1 N–H and O–H groups in total. The summed E-state index contributed by atoms with van der Waals surface area (Å²) in [4.78, 5) is 4.49. The molecule has 1 aromatic rings. The maximum atomic E-state index is 4.49. The first-order valence-electron chi connectivity index (χ1n) is 6.92. The molecule has 0 aromatic carbocycles. The molecule has 1 aromatic heterocycles. The maximum Gasteiger partial charge on any atom is 0.0897 e. The van der Waals surface area contributed by atoms with Crippen molar-refractivity contribution < 1.29 is 0 Å². The quantitative estimate of drug-likeness (QED) is 0.649. The van der Waals surface area contributed by atoms with Gasteiger partial charge in [0.1, 0.15) is 0 Å². The summed E-state index contributed by atoms with van der Waals surface area (Å²) in [5.41, 5.74) is 2.80. The van der Waals surface area contributed by atoms with Crippen LogP contribution in [0, 0.1) is 18.8 Å². The summed E-state index contributed by atoms with van der Waals surface area (Å²) < 4.78 is 0. The van der Waals surface area contributed by atoms with Crippen LogP contribution in [-0.4, -0.2) is 18.1 Å². The van der Waals surface area contributed by atoms with Crippen molar-refractivity contribution in [3.05, 3.63) is 27.7 Å². The Bertz CT molecular complexity index is 408. The molecule has 0 amide bonds. The summed E-state index contributed by atoms with van der Waals surface area (Å²) >= 11 is 1.74. The molecule has 2 rings (SSSR count). The highest BCUT2D eigenvalue weighted by molar-refractivity contribution is 7.09. The fourth-order valence-corrected chi connectivity index (χ4v) is 3.53. The monoisotopic (exact) mass is 264 g/mol. The second-order valence-corrected chi connectivity index (χ2v) is 6.67. The average Bonchev–Trinajstić information content (AvgIpc) is 2.69. The summed E-state index contributed by atoms with van der Waals surface area (Å²) in [6, 6.07) is 0. The molecule has 3 heteroatoms. The van der Waals surface area contributed by atoms with Gasteiger partial charge in [0.25, 0.3) is 0 Å². The van der Waals surface area contributed by atoms with Crippen molar-refractivity contribution in [3.8, 4) is 0 Å². The van der Waals surface area contributed by atoms with E-state index in [1.165, 1.54) is 23.5 Å². The predicted molar refractivity (Wildman–Crippen MR) is 79.1 cm³/mol. The molecule has 100 valence electrons. The van der Waals surface area contributed by atoms with E-state index in [1.807, 2.05) is 0 Å². The van der Waals surface area contributed by atoms with E-state index in [9.17, 15) is 0 Å². The van der Waals surface area contributed by atoms with Crippen molar-refractivity contribution in [3.63, 3.8) is 0 Å². The Morgan fingerprint density at radius 3 is 2.94 bits per heavy atom. The summed E-state index contributed by atoms with van der Waals surface area (Å²) in [5, 5.41) is 6.94. The van der Waals surface area contributed by atoms with E-state index in [0.29, 0.717) is 0 Å². The lowest BCUT2D eigenvalue weighted by Crippen LogP contribution is -2.27. The lowest BCUT2D eigenvalue weighted by molar-refractivity contribution is 0.382. The lowest BCUT2D eigenvalue weighted by Gasteiger charge is -2.25. The van der Waals surface area contributed by atoms with E-state index in [-0.39, 0.29) is 0 Å². The molecule has 0 aliphatic heterocycles. The number of allylic oxidation sites excluding steroid dienone is 2. The van der Waals surface area contributed by atoms with Gasteiger partial charge in [0.2, 0.25) is 0 Å². The van der Waals surface area contributed by atoms with Gasteiger partial charge in [-0.25, -0.2) is 4.98 Å².